The van der Waals surface area contributed by atoms with E-state index in [-0.39, 0.29) is 11.9 Å². The van der Waals surface area contributed by atoms with Crippen molar-refractivity contribution in [3.8, 4) is 0 Å². The van der Waals surface area contributed by atoms with Crippen molar-refractivity contribution in [3.63, 3.8) is 0 Å². The second-order valence-corrected chi connectivity index (χ2v) is 8.81. The van der Waals surface area contributed by atoms with Gasteiger partial charge in [0.05, 0.1) is 7.11 Å². The van der Waals surface area contributed by atoms with Gasteiger partial charge in [0.2, 0.25) is 0 Å². The molecule has 0 heterocycles. The highest BCUT2D eigenvalue weighted by Crippen LogP contribution is 2.41. The molecule has 0 N–H and O–H groups in total. The third-order valence-electron chi connectivity index (χ3n) is 5.09. The number of ether oxygens (including phenoxy) is 2. The van der Waals surface area contributed by atoms with Gasteiger partial charge >= 0.3 is 11.9 Å². The number of rotatable bonds is 16. The van der Waals surface area contributed by atoms with Crippen LogP contribution in [0.5, 0.6) is 0 Å². The van der Waals surface area contributed by atoms with E-state index in [1.54, 1.807) is 0 Å². The highest BCUT2D eigenvalue weighted by Gasteiger charge is 2.26. The van der Waals surface area contributed by atoms with Gasteiger partial charge in [-0.1, -0.05) is 51.7 Å². The van der Waals surface area contributed by atoms with Crippen molar-refractivity contribution in [1.29, 1.82) is 0 Å². The normalized spacial score (nSPS) is 16.6. The molecule has 166 valence electrons. The fourth-order valence-electron chi connectivity index (χ4n) is 3.39. The minimum atomic E-state index is -0.134. The van der Waals surface area contributed by atoms with Gasteiger partial charge < -0.3 is 9.47 Å². The van der Waals surface area contributed by atoms with Gasteiger partial charge in [0.25, 0.3) is 0 Å². The molecule has 0 fully saturated rings. The third-order valence-corrected chi connectivity index (χ3v) is 6.42. The average molecular weight is 425 g/mol. The Hall–Kier alpha value is -1.23. The number of methoxy groups -OCH3 is 1. The summed E-state index contributed by atoms with van der Waals surface area (Å²) in [5, 5.41) is 0. The van der Waals surface area contributed by atoms with Crippen molar-refractivity contribution < 1.29 is 19.1 Å². The van der Waals surface area contributed by atoms with Crippen LogP contribution in [0, 0.1) is 5.92 Å². The molecule has 1 atom stereocenters. The standard InChI is InChI=1S/C24H40O4S/c1-4-6-7-8-9-11-15-20-17-18-21(28-23(26)14-5-2)24(20)29-19-13-10-12-16-22(25)27-3/h11,15,20H,4-10,12-14,16-19H2,1-3H3/b15-11+. The van der Waals surface area contributed by atoms with Crippen LogP contribution < -0.4 is 0 Å². The van der Waals surface area contributed by atoms with E-state index in [1.807, 2.05) is 18.7 Å². The van der Waals surface area contributed by atoms with Crippen LogP contribution in [0.4, 0.5) is 0 Å². The van der Waals surface area contributed by atoms with E-state index in [4.69, 9.17) is 4.74 Å². The quantitative estimate of drug-likeness (QED) is 0.152. The lowest BCUT2D eigenvalue weighted by atomic mass is 10.1. The monoisotopic (exact) mass is 424 g/mol. The van der Waals surface area contributed by atoms with Gasteiger partial charge in [-0.15, -0.1) is 11.8 Å². The lowest BCUT2D eigenvalue weighted by Gasteiger charge is -2.12. The Morgan fingerprint density at radius 3 is 2.52 bits per heavy atom. The molecule has 1 aliphatic rings. The molecule has 4 nitrogen and oxygen atoms in total. The molecule has 29 heavy (non-hydrogen) atoms. The highest BCUT2D eigenvalue weighted by atomic mass is 32.2. The first-order valence-electron chi connectivity index (χ1n) is 11.4. The molecule has 1 rings (SSSR count). The van der Waals surface area contributed by atoms with Crippen molar-refractivity contribution >= 4 is 23.7 Å². The molecule has 1 unspecified atom stereocenters. The third kappa shape index (κ3) is 11.5. The zero-order valence-corrected chi connectivity index (χ0v) is 19.5. The zero-order valence-electron chi connectivity index (χ0n) is 18.7. The molecule has 0 aromatic rings. The Kier molecular flexibility index (Phi) is 14.7. The zero-order chi connectivity index (χ0) is 21.3. The van der Waals surface area contributed by atoms with Gasteiger partial charge in [-0.25, -0.2) is 0 Å². The van der Waals surface area contributed by atoms with Crippen LogP contribution in [0.3, 0.4) is 0 Å². The first-order valence-corrected chi connectivity index (χ1v) is 12.4. The largest absolute Gasteiger partial charge is 0.469 e. The molecular weight excluding hydrogens is 384 g/mol. The van der Waals surface area contributed by atoms with Crippen LogP contribution >= 0.6 is 11.8 Å². The van der Waals surface area contributed by atoms with E-state index >= 15 is 0 Å². The number of unbranched alkanes of at least 4 members (excludes halogenated alkanes) is 6. The SMILES string of the molecule is CCCCCC/C=C/C1CCC(OC(=O)CCC)=C1SCCCCCC(=O)OC. The van der Waals surface area contributed by atoms with Gasteiger partial charge in [0.15, 0.2) is 0 Å². The topological polar surface area (TPSA) is 52.6 Å². The first kappa shape index (κ1) is 25.8. The molecule has 0 bridgehead atoms. The van der Waals surface area contributed by atoms with Gasteiger partial charge in [-0.3, -0.25) is 9.59 Å². The van der Waals surface area contributed by atoms with E-state index < -0.39 is 0 Å². The second kappa shape index (κ2) is 16.6. The number of carbonyl (C=O) groups excluding carboxylic acids is 2. The maximum absolute atomic E-state index is 12.0. The lowest BCUT2D eigenvalue weighted by molar-refractivity contribution is -0.141. The maximum atomic E-state index is 12.0. The second-order valence-electron chi connectivity index (χ2n) is 7.67. The molecule has 0 saturated heterocycles. The van der Waals surface area contributed by atoms with Crippen molar-refractivity contribution in [2.45, 2.75) is 97.3 Å². The summed E-state index contributed by atoms with van der Waals surface area (Å²) >= 11 is 1.83. The van der Waals surface area contributed by atoms with E-state index in [0.717, 1.165) is 56.5 Å². The molecule has 0 saturated carbocycles. The van der Waals surface area contributed by atoms with Crippen molar-refractivity contribution in [2.75, 3.05) is 12.9 Å². The van der Waals surface area contributed by atoms with Crippen LogP contribution in [0.15, 0.2) is 22.8 Å². The maximum Gasteiger partial charge on any atom is 0.310 e. The van der Waals surface area contributed by atoms with Crippen molar-refractivity contribution in [3.05, 3.63) is 22.8 Å². The molecule has 1 aliphatic carbocycles. The number of thioether (sulfide) groups is 1. The molecule has 0 amide bonds. The minimum absolute atomic E-state index is 0.108. The molecule has 0 aromatic heterocycles. The van der Waals surface area contributed by atoms with Crippen LogP contribution in [-0.4, -0.2) is 24.8 Å². The smallest absolute Gasteiger partial charge is 0.310 e. The molecular formula is C24H40O4S. The molecule has 5 heteroatoms. The summed E-state index contributed by atoms with van der Waals surface area (Å²) in [4.78, 5) is 24.4. The first-order chi connectivity index (χ1) is 14.1. The fraction of sp³-hybridized carbons (Fsp3) is 0.750. The van der Waals surface area contributed by atoms with E-state index in [1.165, 1.54) is 37.7 Å². The minimum Gasteiger partial charge on any atom is -0.469 e. The van der Waals surface area contributed by atoms with E-state index in [0.29, 0.717) is 18.8 Å². The Labute approximate surface area is 181 Å². The molecule has 0 aliphatic heterocycles. The van der Waals surface area contributed by atoms with Crippen LogP contribution in [-0.2, 0) is 19.1 Å². The summed E-state index contributed by atoms with van der Waals surface area (Å²) < 4.78 is 10.4. The van der Waals surface area contributed by atoms with Gasteiger partial charge in [0, 0.05) is 30.1 Å². The number of esters is 2. The van der Waals surface area contributed by atoms with Crippen LogP contribution in [0.25, 0.3) is 0 Å². The number of carbonyl (C=O) groups is 2. The summed E-state index contributed by atoms with van der Waals surface area (Å²) in [5.74, 6) is 2.02. The Balaban J connectivity index is 2.53. The Morgan fingerprint density at radius 2 is 1.79 bits per heavy atom. The summed E-state index contributed by atoms with van der Waals surface area (Å²) in [7, 11) is 1.43. The van der Waals surface area contributed by atoms with Gasteiger partial charge in [-0.2, -0.15) is 0 Å². The average Bonchev–Trinajstić information content (AvgIpc) is 3.08. The summed E-state index contributed by atoms with van der Waals surface area (Å²) in [5.41, 5.74) is 0. The van der Waals surface area contributed by atoms with E-state index in [2.05, 4.69) is 23.8 Å². The fourth-order valence-corrected chi connectivity index (χ4v) is 4.68. The predicted molar refractivity (Wildman–Crippen MR) is 122 cm³/mol. The Morgan fingerprint density at radius 1 is 1.00 bits per heavy atom. The number of hydrogen-bond donors (Lipinski definition) is 0. The lowest BCUT2D eigenvalue weighted by Crippen LogP contribution is -2.04. The number of allylic oxidation sites excluding steroid dienone is 4. The molecule has 0 radical (unpaired) electrons. The Bertz CT molecular complexity index is 539. The highest BCUT2D eigenvalue weighted by molar-refractivity contribution is 8.03. The summed E-state index contributed by atoms with van der Waals surface area (Å²) in [6.45, 7) is 4.23. The summed E-state index contributed by atoms with van der Waals surface area (Å²) in [6.07, 6.45) is 17.5. The number of hydrogen-bond acceptors (Lipinski definition) is 5. The van der Waals surface area contributed by atoms with Crippen molar-refractivity contribution in [1.82, 2.24) is 0 Å². The predicted octanol–water partition coefficient (Wildman–Crippen LogP) is 6.94. The van der Waals surface area contributed by atoms with Crippen LogP contribution in [0.1, 0.15) is 97.3 Å². The molecule has 0 aromatic carbocycles. The van der Waals surface area contributed by atoms with Gasteiger partial charge in [-0.05, 0) is 44.3 Å². The van der Waals surface area contributed by atoms with E-state index in [9.17, 15) is 9.59 Å². The summed E-state index contributed by atoms with van der Waals surface area (Å²) in [6, 6.07) is 0. The van der Waals surface area contributed by atoms with Crippen molar-refractivity contribution in [2.24, 2.45) is 5.92 Å². The molecule has 0 spiro atoms. The van der Waals surface area contributed by atoms with Crippen LogP contribution in [0.2, 0.25) is 0 Å². The van der Waals surface area contributed by atoms with Gasteiger partial charge in [0.1, 0.15) is 5.76 Å².